The molecule has 18 heavy (non-hydrogen) atoms. The van der Waals surface area contributed by atoms with E-state index in [-0.39, 0.29) is 18.8 Å². The highest BCUT2D eigenvalue weighted by Crippen LogP contribution is 2.42. The fourth-order valence-corrected chi connectivity index (χ4v) is 2.81. The summed E-state index contributed by atoms with van der Waals surface area (Å²) in [7, 11) is 0. The Labute approximate surface area is 110 Å². The number of hydrogen-bond donors (Lipinski definition) is 0. The molecule has 1 aliphatic carbocycles. The molecule has 0 amide bonds. The van der Waals surface area contributed by atoms with E-state index in [1.807, 2.05) is 24.3 Å². The van der Waals surface area contributed by atoms with Crippen LogP contribution in [0.2, 0.25) is 0 Å². The SMILES string of the molecule is FC(F)(F)[C@H]1CC[C@@H](c2ccc(CCl)cc2)CC1. The first-order valence-corrected chi connectivity index (χ1v) is 6.75. The zero-order valence-electron chi connectivity index (χ0n) is 10.0. The molecule has 0 unspecified atom stereocenters. The Morgan fingerprint density at radius 3 is 2.00 bits per heavy atom. The zero-order valence-corrected chi connectivity index (χ0v) is 10.8. The van der Waals surface area contributed by atoms with Gasteiger partial charge in [-0.15, -0.1) is 11.6 Å². The second-order valence-electron chi connectivity index (χ2n) is 4.97. The standard InChI is InChI=1S/C14H16ClF3/c15-9-10-1-3-11(4-2-10)12-5-7-13(8-6-12)14(16,17)18/h1-4,12-13H,5-9H2/t12-,13+. The third-order valence-electron chi connectivity index (χ3n) is 3.80. The van der Waals surface area contributed by atoms with Crippen LogP contribution in [0.25, 0.3) is 0 Å². The second-order valence-corrected chi connectivity index (χ2v) is 5.23. The quantitative estimate of drug-likeness (QED) is 0.646. The van der Waals surface area contributed by atoms with Crippen molar-refractivity contribution in [3.63, 3.8) is 0 Å². The summed E-state index contributed by atoms with van der Waals surface area (Å²) in [6, 6.07) is 7.91. The Bertz CT molecular complexity index is 375. The van der Waals surface area contributed by atoms with Gasteiger partial charge in [-0.25, -0.2) is 0 Å². The van der Waals surface area contributed by atoms with E-state index in [1.54, 1.807) is 0 Å². The van der Waals surface area contributed by atoms with Crippen molar-refractivity contribution < 1.29 is 13.2 Å². The van der Waals surface area contributed by atoms with Gasteiger partial charge in [0.1, 0.15) is 0 Å². The maximum atomic E-state index is 12.6. The molecule has 0 aliphatic heterocycles. The van der Waals surface area contributed by atoms with Crippen molar-refractivity contribution in [3.8, 4) is 0 Å². The van der Waals surface area contributed by atoms with E-state index in [1.165, 1.54) is 0 Å². The molecule has 0 aromatic heterocycles. The van der Waals surface area contributed by atoms with Crippen LogP contribution in [0.1, 0.15) is 42.7 Å². The summed E-state index contributed by atoms with van der Waals surface area (Å²) < 4.78 is 37.7. The van der Waals surface area contributed by atoms with Crippen molar-refractivity contribution in [3.05, 3.63) is 35.4 Å². The molecule has 1 aliphatic rings. The fourth-order valence-electron chi connectivity index (χ4n) is 2.63. The fraction of sp³-hybridized carbons (Fsp3) is 0.571. The van der Waals surface area contributed by atoms with Gasteiger partial charge in [0.15, 0.2) is 0 Å². The maximum Gasteiger partial charge on any atom is 0.391 e. The van der Waals surface area contributed by atoms with Crippen LogP contribution in [-0.4, -0.2) is 6.18 Å². The predicted octanol–water partition coefficient (Wildman–Crippen LogP) is 5.26. The van der Waals surface area contributed by atoms with Crippen LogP contribution in [0.5, 0.6) is 0 Å². The van der Waals surface area contributed by atoms with Crippen LogP contribution in [0.4, 0.5) is 13.2 Å². The van der Waals surface area contributed by atoms with Crippen LogP contribution in [0, 0.1) is 5.92 Å². The molecule has 4 heteroatoms. The lowest BCUT2D eigenvalue weighted by Gasteiger charge is -2.30. The number of alkyl halides is 4. The van der Waals surface area contributed by atoms with Gasteiger partial charge in [0.2, 0.25) is 0 Å². The minimum absolute atomic E-state index is 0.255. The Morgan fingerprint density at radius 1 is 1.00 bits per heavy atom. The normalized spacial score (nSPS) is 25.1. The number of halogens is 4. The summed E-state index contributed by atoms with van der Waals surface area (Å²) in [5.74, 6) is -0.356. The summed E-state index contributed by atoms with van der Waals surface area (Å²) in [6.07, 6.45) is -2.25. The van der Waals surface area contributed by atoms with Gasteiger partial charge in [0.25, 0.3) is 0 Å². The van der Waals surface area contributed by atoms with Gasteiger partial charge in [-0.1, -0.05) is 24.3 Å². The van der Waals surface area contributed by atoms with E-state index >= 15 is 0 Å². The number of rotatable bonds is 2. The molecule has 0 N–H and O–H groups in total. The third-order valence-corrected chi connectivity index (χ3v) is 4.10. The molecule has 0 saturated heterocycles. The van der Waals surface area contributed by atoms with Gasteiger partial charge in [-0.2, -0.15) is 13.2 Å². The minimum atomic E-state index is -4.02. The Kier molecular flexibility index (Phi) is 4.21. The van der Waals surface area contributed by atoms with Crippen LogP contribution in [0.3, 0.4) is 0 Å². The molecule has 0 heterocycles. The Morgan fingerprint density at radius 2 is 1.56 bits per heavy atom. The first-order valence-electron chi connectivity index (χ1n) is 6.22. The summed E-state index contributed by atoms with van der Waals surface area (Å²) in [6.45, 7) is 0. The van der Waals surface area contributed by atoms with E-state index in [0.29, 0.717) is 18.7 Å². The predicted molar refractivity (Wildman–Crippen MR) is 66.8 cm³/mol. The molecule has 2 rings (SSSR count). The highest BCUT2D eigenvalue weighted by Gasteiger charge is 2.41. The van der Waals surface area contributed by atoms with Gasteiger partial charge in [-0.05, 0) is 42.7 Å². The maximum absolute atomic E-state index is 12.6. The molecule has 1 aromatic rings. The Hall–Kier alpha value is -0.700. The van der Waals surface area contributed by atoms with E-state index in [0.717, 1.165) is 11.1 Å². The Balaban J connectivity index is 1.96. The lowest BCUT2D eigenvalue weighted by Crippen LogP contribution is -2.27. The molecule has 0 bridgehead atoms. The van der Waals surface area contributed by atoms with E-state index < -0.39 is 12.1 Å². The number of benzene rings is 1. The highest BCUT2D eigenvalue weighted by atomic mass is 35.5. The van der Waals surface area contributed by atoms with Gasteiger partial charge >= 0.3 is 6.18 Å². The lowest BCUT2D eigenvalue weighted by molar-refractivity contribution is -0.182. The monoisotopic (exact) mass is 276 g/mol. The topological polar surface area (TPSA) is 0 Å². The van der Waals surface area contributed by atoms with Crippen molar-refractivity contribution >= 4 is 11.6 Å². The van der Waals surface area contributed by atoms with Gasteiger partial charge in [0.05, 0.1) is 5.92 Å². The molecule has 0 radical (unpaired) electrons. The average Bonchev–Trinajstić information content (AvgIpc) is 2.38. The molecule has 1 fully saturated rings. The highest BCUT2D eigenvalue weighted by molar-refractivity contribution is 6.17. The molecule has 1 saturated carbocycles. The summed E-state index contributed by atoms with van der Waals surface area (Å²) in [4.78, 5) is 0. The van der Waals surface area contributed by atoms with Gasteiger partial charge in [-0.3, -0.25) is 0 Å². The van der Waals surface area contributed by atoms with Crippen LogP contribution < -0.4 is 0 Å². The average molecular weight is 277 g/mol. The van der Waals surface area contributed by atoms with E-state index in [4.69, 9.17) is 11.6 Å². The van der Waals surface area contributed by atoms with Gasteiger partial charge < -0.3 is 0 Å². The molecule has 0 atom stereocenters. The third kappa shape index (κ3) is 3.19. The van der Waals surface area contributed by atoms with Crippen LogP contribution >= 0.6 is 11.6 Å². The zero-order chi connectivity index (χ0) is 13.2. The van der Waals surface area contributed by atoms with Crippen LogP contribution in [0.15, 0.2) is 24.3 Å². The molecule has 1 aromatic carbocycles. The molecular formula is C14H16ClF3. The molecular weight excluding hydrogens is 261 g/mol. The summed E-state index contributed by atoms with van der Waals surface area (Å²) >= 11 is 5.71. The van der Waals surface area contributed by atoms with Crippen molar-refractivity contribution in [2.75, 3.05) is 0 Å². The van der Waals surface area contributed by atoms with Gasteiger partial charge in [0, 0.05) is 5.88 Å². The molecule has 100 valence electrons. The number of hydrogen-bond acceptors (Lipinski definition) is 0. The van der Waals surface area contributed by atoms with Crippen molar-refractivity contribution in [1.82, 2.24) is 0 Å². The first kappa shape index (κ1) is 13.7. The van der Waals surface area contributed by atoms with Crippen LogP contribution in [-0.2, 0) is 5.88 Å². The molecule has 0 nitrogen and oxygen atoms in total. The van der Waals surface area contributed by atoms with Crippen molar-refractivity contribution in [2.24, 2.45) is 5.92 Å². The van der Waals surface area contributed by atoms with E-state index in [9.17, 15) is 13.2 Å². The van der Waals surface area contributed by atoms with E-state index in [2.05, 4.69) is 0 Å². The van der Waals surface area contributed by atoms with Crippen molar-refractivity contribution in [2.45, 2.75) is 43.7 Å². The second kappa shape index (κ2) is 5.52. The summed E-state index contributed by atoms with van der Waals surface area (Å²) in [5.41, 5.74) is 2.19. The minimum Gasteiger partial charge on any atom is -0.171 e. The first-order chi connectivity index (χ1) is 8.50. The smallest absolute Gasteiger partial charge is 0.171 e. The van der Waals surface area contributed by atoms with Crippen molar-refractivity contribution in [1.29, 1.82) is 0 Å². The molecule has 0 spiro atoms. The largest absolute Gasteiger partial charge is 0.391 e. The summed E-state index contributed by atoms with van der Waals surface area (Å²) in [5, 5.41) is 0. The lowest BCUT2D eigenvalue weighted by atomic mass is 9.78.